The summed E-state index contributed by atoms with van der Waals surface area (Å²) in [6.07, 6.45) is 3.88. The number of pyridine rings is 1. The predicted octanol–water partition coefficient (Wildman–Crippen LogP) is 3.17. The predicted molar refractivity (Wildman–Crippen MR) is 112 cm³/mol. The van der Waals surface area contributed by atoms with E-state index in [1.54, 1.807) is 36.7 Å². The topological polar surface area (TPSA) is 97.1 Å². The van der Waals surface area contributed by atoms with Crippen LogP contribution in [0.15, 0.2) is 48.8 Å². The van der Waals surface area contributed by atoms with Crippen molar-refractivity contribution in [1.29, 1.82) is 0 Å². The molecule has 1 heterocycles. The van der Waals surface area contributed by atoms with Crippen LogP contribution >= 0.6 is 24.8 Å². The van der Waals surface area contributed by atoms with Crippen LogP contribution in [0.4, 0.5) is 5.69 Å². The molecule has 0 aliphatic carbocycles. The van der Waals surface area contributed by atoms with Gasteiger partial charge in [0.15, 0.2) is 0 Å². The van der Waals surface area contributed by atoms with Crippen LogP contribution in [0.5, 0.6) is 0 Å². The van der Waals surface area contributed by atoms with Crippen molar-refractivity contribution in [3.05, 3.63) is 59.9 Å². The molecule has 0 aliphatic heterocycles. The molecule has 1 aromatic heterocycles. The standard InChI is InChI=1S/C19H24N4O2.2ClH/c1-13(2)10-17(20)19(25)22-11-14-5-7-15(8-6-14)18(24)23-16-4-3-9-21-12-16;;/h3-9,12-13,17H,10-11,20H2,1-2H3,(H,22,25)(H,23,24);2*1H/t17-;;/m0../s1. The average Bonchev–Trinajstić information content (AvgIpc) is 2.60. The lowest BCUT2D eigenvalue weighted by molar-refractivity contribution is -0.122. The van der Waals surface area contributed by atoms with Gasteiger partial charge in [-0.1, -0.05) is 26.0 Å². The first-order valence-electron chi connectivity index (χ1n) is 8.29. The van der Waals surface area contributed by atoms with Gasteiger partial charge in [0.05, 0.1) is 17.9 Å². The van der Waals surface area contributed by atoms with Gasteiger partial charge in [-0.15, -0.1) is 24.8 Å². The fourth-order valence-electron chi connectivity index (χ4n) is 2.35. The van der Waals surface area contributed by atoms with Gasteiger partial charge in [-0.3, -0.25) is 14.6 Å². The fourth-order valence-corrected chi connectivity index (χ4v) is 2.35. The molecule has 0 bridgehead atoms. The third-order valence-corrected chi connectivity index (χ3v) is 3.66. The van der Waals surface area contributed by atoms with Crippen molar-refractivity contribution in [2.24, 2.45) is 11.7 Å². The summed E-state index contributed by atoms with van der Waals surface area (Å²) >= 11 is 0. The monoisotopic (exact) mass is 412 g/mol. The molecule has 27 heavy (non-hydrogen) atoms. The lowest BCUT2D eigenvalue weighted by atomic mass is 10.0. The maximum Gasteiger partial charge on any atom is 0.255 e. The van der Waals surface area contributed by atoms with Gasteiger partial charge in [-0.05, 0) is 42.2 Å². The fraction of sp³-hybridized carbons (Fsp3) is 0.316. The number of nitrogens with zero attached hydrogens (tertiary/aromatic N) is 1. The lowest BCUT2D eigenvalue weighted by Crippen LogP contribution is -2.41. The van der Waals surface area contributed by atoms with E-state index < -0.39 is 6.04 Å². The number of nitrogens with one attached hydrogen (secondary N) is 2. The van der Waals surface area contributed by atoms with Gasteiger partial charge in [0, 0.05) is 18.3 Å². The number of nitrogens with two attached hydrogens (primary N) is 1. The first-order chi connectivity index (χ1) is 12.0. The zero-order chi connectivity index (χ0) is 18.2. The third kappa shape index (κ3) is 8.39. The highest BCUT2D eigenvalue weighted by atomic mass is 35.5. The van der Waals surface area contributed by atoms with Crippen LogP contribution in [0.25, 0.3) is 0 Å². The number of rotatable bonds is 7. The lowest BCUT2D eigenvalue weighted by Gasteiger charge is -2.14. The highest BCUT2D eigenvalue weighted by molar-refractivity contribution is 6.04. The summed E-state index contributed by atoms with van der Waals surface area (Å²) in [4.78, 5) is 28.0. The number of hydrogen-bond donors (Lipinski definition) is 3. The van der Waals surface area contributed by atoms with Crippen molar-refractivity contribution < 1.29 is 9.59 Å². The molecule has 1 atom stereocenters. The van der Waals surface area contributed by atoms with Gasteiger partial charge in [-0.2, -0.15) is 0 Å². The Morgan fingerprint density at radius 3 is 2.33 bits per heavy atom. The molecule has 2 rings (SSSR count). The first-order valence-corrected chi connectivity index (χ1v) is 8.29. The minimum Gasteiger partial charge on any atom is -0.351 e. The van der Waals surface area contributed by atoms with Crippen molar-refractivity contribution in [1.82, 2.24) is 10.3 Å². The van der Waals surface area contributed by atoms with Crippen LogP contribution in [-0.4, -0.2) is 22.8 Å². The summed E-state index contributed by atoms with van der Waals surface area (Å²) in [6.45, 7) is 4.44. The molecule has 0 radical (unpaired) electrons. The van der Waals surface area contributed by atoms with Gasteiger partial charge in [-0.25, -0.2) is 0 Å². The van der Waals surface area contributed by atoms with E-state index >= 15 is 0 Å². The third-order valence-electron chi connectivity index (χ3n) is 3.66. The molecular weight excluding hydrogens is 387 g/mol. The minimum absolute atomic E-state index is 0. The molecule has 0 aliphatic rings. The molecule has 6 nitrogen and oxygen atoms in total. The van der Waals surface area contributed by atoms with Gasteiger partial charge in [0.25, 0.3) is 5.91 Å². The summed E-state index contributed by atoms with van der Waals surface area (Å²) < 4.78 is 0. The molecule has 0 spiro atoms. The summed E-state index contributed by atoms with van der Waals surface area (Å²) in [6, 6.07) is 10.1. The number of benzene rings is 1. The SMILES string of the molecule is CC(C)C[C@H](N)C(=O)NCc1ccc(C(=O)Nc2cccnc2)cc1.Cl.Cl. The molecular formula is C19H26Cl2N4O2. The smallest absolute Gasteiger partial charge is 0.255 e. The summed E-state index contributed by atoms with van der Waals surface area (Å²) in [7, 11) is 0. The molecule has 4 N–H and O–H groups in total. The molecule has 8 heteroatoms. The van der Waals surface area contributed by atoms with Gasteiger partial charge >= 0.3 is 0 Å². The van der Waals surface area contributed by atoms with E-state index in [0.29, 0.717) is 30.1 Å². The van der Waals surface area contributed by atoms with Crippen LogP contribution in [0.3, 0.4) is 0 Å². The zero-order valence-corrected chi connectivity index (χ0v) is 17.0. The number of halogens is 2. The molecule has 2 amide bonds. The summed E-state index contributed by atoms with van der Waals surface area (Å²) in [5.74, 6) is 0.00741. The van der Waals surface area contributed by atoms with Crippen LogP contribution < -0.4 is 16.4 Å². The molecule has 148 valence electrons. The molecule has 0 saturated carbocycles. The molecule has 0 unspecified atom stereocenters. The molecule has 0 saturated heterocycles. The number of hydrogen-bond acceptors (Lipinski definition) is 4. The van der Waals surface area contributed by atoms with Crippen LogP contribution in [-0.2, 0) is 11.3 Å². The van der Waals surface area contributed by atoms with Crippen molar-refractivity contribution >= 4 is 42.3 Å². The van der Waals surface area contributed by atoms with E-state index in [2.05, 4.69) is 15.6 Å². The second kappa shape index (κ2) is 12.3. The Morgan fingerprint density at radius 1 is 1.11 bits per heavy atom. The number of anilines is 1. The molecule has 1 aromatic carbocycles. The van der Waals surface area contributed by atoms with Crippen LogP contribution in [0.1, 0.15) is 36.2 Å². The number of carbonyl (C=O) groups is 2. The van der Waals surface area contributed by atoms with Crippen LogP contribution in [0, 0.1) is 5.92 Å². The van der Waals surface area contributed by atoms with Gasteiger partial charge < -0.3 is 16.4 Å². The van der Waals surface area contributed by atoms with E-state index in [-0.39, 0.29) is 36.6 Å². The maximum absolute atomic E-state index is 12.2. The number of amides is 2. The van der Waals surface area contributed by atoms with Gasteiger partial charge in [0.2, 0.25) is 5.91 Å². The van der Waals surface area contributed by atoms with Crippen molar-refractivity contribution in [2.45, 2.75) is 32.9 Å². The van der Waals surface area contributed by atoms with E-state index in [1.807, 2.05) is 26.0 Å². The van der Waals surface area contributed by atoms with E-state index in [9.17, 15) is 9.59 Å². The van der Waals surface area contributed by atoms with Crippen molar-refractivity contribution in [3.63, 3.8) is 0 Å². The maximum atomic E-state index is 12.2. The largest absolute Gasteiger partial charge is 0.351 e. The Hall–Kier alpha value is -2.15. The number of carbonyl (C=O) groups excluding carboxylic acids is 2. The summed E-state index contributed by atoms with van der Waals surface area (Å²) in [5.41, 5.74) is 7.93. The Bertz CT molecular complexity index is 709. The first kappa shape index (κ1) is 24.8. The van der Waals surface area contributed by atoms with Crippen LogP contribution in [0.2, 0.25) is 0 Å². The van der Waals surface area contributed by atoms with Gasteiger partial charge in [0.1, 0.15) is 0 Å². The normalized spacial score (nSPS) is 11.0. The van der Waals surface area contributed by atoms with Crippen molar-refractivity contribution in [2.75, 3.05) is 5.32 Å². The van der Waals surface area contributed by atoms with E-state index in [1.165, 1.54) is 0 Å². The van der Waals surface area contributed by atoms with E-state index in [0.717, 1.165) is 5.56 Å². The Labute approximate surface area is 172 Å². The van der Waals surface area contributed by atoms with Crippen molar-refractivity contribution in [3.8, 4) is 0 Å². The highest BCUT2D eigenvalue weighted by Gasteiger charge is 2.14. The average molecular weight is 413 g/mol. The Kier molecular flexibility index (Phi) is 11.3. The number of aromatic nitrogens is 1. The summed E-state index contributed by atoms with van der Waals surface area (Å²) in [5, 5.41) is 5.59. The second-order valence-corrected chi connectivity index (χ2v) is 6.35. The van der Waals surface area contributed by atoms with E-state index in [4.69, 9.17) is 5.73 Å². The molecule has 0 fully saturated rings. The highest BCUT2D eigenvalue weighted by Crippen LogP contribution is 2.09. The Morgan fingerprint density at radius 2 is 1.78 bits per heavy atom. The Balaban J connectivity index is 0.00000338. The zero-order valence-electron chi connectivity index (χ0n) is 15.3. The quantitative estimate of drug-likeness (QED) is 0.650. The molecule has 2 aromatic rings. The second-order valence-electron chi connectivity index (χ2n) is 6.35. The minimum atomic E-state index is -0.496.